The molecule has 0 radical (unpaired) electrons. The van der Waals surface area contributed by atoms with Crippen LogP contribution in [-0.4, -0.2) is 46.3 Å². The van der Waals surface area contributed by atoms with Gasteiger partial charge in [0, 0.05) is 11.8 Å². The molecule has 3 rings (SSSR count). The second kappa shape index (κ2) is 11.6. The molecule has 12 heteroatoms. The van der Waals surface area contributed by atoms with Gasteiger partial charge in [-0.2, -0.15) is 0 Å². The Morgan fingerprint density at radius 1 is 1.12 bits per heavy atom. The zero-order chi connectivity index (χ0) is 24.7. The number of nitrogens with zero attached hydrogens (tertiary/aromatic N) is 4. The van der Waals surface area contributed by atoms with Crippen LogP contribution < -0.4 is 4.74 Å². The number of rotatable bonds is 11. The van der Waals surface area contributed by atoms with Crippen LogP contribution in [0.3, 0.4) is 0 Å². The van der Waals surface area contributed by atoms with Crippen molar-refractivity contribution in [2.24, 2.45) is 0 Å². The van der Waals surface area contributed by atoms with E-state index in [1.54, 1.807) is 63.4 Å². The summed E-state index contributed by atoms with van der Waals surface area (Å²) in [6.45, 7) is 5.58. The fourth-order valence-corrected chi connectivity index (χ4v) is 5.08. The van der Waals surface area contributed by atoms with Crippen LogP contribution in [0.15, 0.2) is 42.6 Å². The predicted octanol–water partition coefficient (Wildman–Crippen LogP) is 4.81. The fraction of sp³-hybridized carbons (Fsp3) is 0.364. The first-order valence-corrected chi connectivity index (χ1v) is 12.5. The number of ether oxygens (including phenoxy) is 2. The number of benzene rings is 1. The highest BCUT2D eigenvalue weighted by molar-refractivity contribution is 7.54. The number of carbonyl (C=O) groups excluding carboxylic acids is 1. The van der Waals surface area contributed by atoms with E-state index in [9.17, 15) is 9.36 Å². The molecule has 182 valence electrons. The first-order valence-electron chi connectivity index (χ1n) is 10.6. The first-order chi connectivity index (χ1) is 16.3. The summed E-state index contributed by atoms with van der Waals surface area (Å²) in [4.78, 5) is 17.2. The maximum Gasteiger partial charge on any atom is 0.375 e. The number of carbonyl (C=O) groups is 1. The quantitative estimate of drug-likeness (QED) is 0.204. The molecule has 1 unspecified atom stereocenters. The average Bonchev–Trinajstić information content (AvgIpc) is 3.19. The van der Waals surface area contributed by atoms with Gasteiger partial charge in [0.1, 0.15) is 10.9 Å². The molecule has 0 amide bonds. The van der Waals surface area contributed by atoms with E-state index in [2.05, 4.69) is 15.3 Å². The average molecular weight is 509 g/mol. The van der Waals surface area contributed by atoms with Crippen LogP contribution in [0.1, 0.15) is 47.0 Å². The van der Waals surface area contributed by atoms with Gasteiger partial charge in [0.25, 0.3) is 0 Å². The Balaban J connectivity index is 1.89. The largest absolute Gasteiger partial charge is 0.497 e. The summed E-state index contributed by atoms with van der Waals surface area (Å²) < 4.78 is 36.9. The van der Waals surface area contributed by atoms with E-state index in [0.717, 1.165) is 5.56 Å². The maximum absolute atomic E-state index is 13.6. The van der Waals surface area contributed by atoms with Crippen LogP contribution >= 0.6 is 19.2 Å². The number of pyridine rings is 1. The van der Waals surface area contributed by atoms with E-state index in [1.165, 1.54) is 11.8 Å². The van der Waals surface area contributed by atoms with Gasteiger partial charge in [0.15, 0.2) is 5.69 Å². The van der Waals surface area contributed by atoms with E-state index < -0.39 is 19.4 Å². The number of hydrogen-bond donors (Lipinski definition) is 0. The fourth-order valence-electron chi connectivity index (χ4n) is 3.15. The molecule has 0 aliphatic carbocycles. The van der Waals surface area contributed by atoms with Crippen molar-refractivity contribution in [2.45, 2.75) is 33.2 Å². The van der Waals surface area contributed by atoms with Crippen LogP contribution in [0.2, 0.25) is 5.15 Å². The minimum atomic E-state index is -3.88. The van der Waals surface area contributed by atoms with Crippen molar-refractivity contribution in [3.8, 4) is 5.75 Å². The van der Waals surface area contributed by atoms with Gasteiger partial charge < -0.3 is 18.5 Å². The lowest BCUT2D eigenvalue weighted by molar-refractivity contribution is 0.0356. The number of halogens is 1. The molecule has 0 saturated carbocycles. The Bertz CT molecular complexity index is 1140. The van der Waals surface area contributed by atoms with Gasteiger partial charge >= 0.3 is 13.6 Å². The van der Waals surface area contributed by atoms with Crippen molar-refractivity contribution in [1.82, 2.24) is 20.0 Å². The summed E-state index contributed by atoms with van der Waals surface area (Å²) in [5.74, 6) is -1.53. The number of esters is 1. The monoisotopic (exact) mass is 508 g/mol. The Kier molecular flexibility index (Phi) is 8.79. The van der Waals surface area contributed by atoms with E-state index in [-0.39, 0.29) is 18.9 Å². The molecule has 0 spiro atoms. The van der Waals surface area contributed by atoms with Gasteiger partial charge in [0.2, 0.25) is 5.85 Å². The number of methoxy groups -OCH3 is 1. The van der Waals surface area contributed by atoms with Crippen LogP contribution in [0.5, 0.6) is 5.75 Å². The third kappa shape index (κ3) is 6.01. The lowest BCUT2D eigenvalue weighted by Crippen LogP contribution is -2.16. The van der Waals surface area contributed by atoms with Gasteiger partial charge in [-0.15, -0.1) is 5.10 Å². The third-order valence-electron chi connectivity index (χ3n) is 4.82. The van der Waals surface area contributed by atoms with Gasteiger partial charge in [-0.3, -0.25) is 4.57 Å². The Morgan fingerprint density at radius 2 is 1.79 bits per heavy atom. The first kappa shape index (κ1) is 25.8. The SMILES string of the molecule is CCOP(=O)(OCC)C(OC(=O)c1nnn(Cc2ccc(Cl)nc2)c1C)c1ccc(OC)cc1. The summed E-state index contributed by atoms with van der Waals surface area (Å²) in [6, 6.07) is 10.1. The number of aromatic nitrogens is 4. The predicted molar refractivity (Wildman–Crippen MR) is 125 cm³/mol. The molecular formula is C22H26ClN4O6P. The summed E-state index contributed by atoms with van der Waals surface area (Å²) in [5, 5.41) is 8.40. The molecule has 0 saturated heterocycles. The molecule has 1 atom stereocenters. The van der Waals surface area contributed by atoms with Crippen LogP contribution in [0.25, 0.3) is 0 Å². The molecule has 1 aromatic carbocycles. The smallest absolute Gasteiger partial charge is 0.375 e. The van der Waals surface area contributed by atoms with Gasteiger partial charge in [0.05, 0.1) is 32.6 Å². The molecule has 0 N–H and O–H groups in total. The second-order valence-corrected chi connectivity index (χ2v) is 9.53. The van der Waals surface area contributed by atoms with E-state index in [0.29, 0.717) is 28.7 Å². The summed E-state index contributed by atoms with van der Waals surface area (Å²) in [6.07, 6.45) is 1.61. The van der Waals surface area contributed by atoms with Crippen molar-refractivity contribution in [3.63, 3.8) is 0 Å². The molecule has 10 nitrogen and oxygen atoms in total. The summed E-state index contributed by atoms with van der Waals surface area (Å²) >= 11 is 5.83. The zero-order valence-corrected chi connectivity index (χ0v) is 21.0. The van der Waals surface area contributed by atoms with E-state index in [4.69, 9.17) is 30.1 Å². The molecule has 0 aliphatic heterocycles. The third-order valence-corrected chi connectivity index (χ3v) is 7.26. The normalized spacial score (nSPS) is 12.4. The minimum absolute atomic E-state index is 0.0139. The molecule has 2 heterocycles. The molecule has 0 aliphatic rings. The molecule has 0 bridgehead atoms. The molecular weight excluding hydrogens is 483 g/mol. The van der Waals surface area contributed by atoms with Crippen LogP contribution in [0, 0.1) is 6.92 Å². The van der Waals surface area contributed by atoms with Gasteiger partial charge in [-0.05, 0) is 44.5 Å². The Hall–Kier alpha value is -2.78. The van der Waals surface area contributed by atoms with Crippen LogP contribution in [-0.2, 0) is 24.9 Å². The molecule has 3 aromatic rings. The second-order valence-electron chi connectivity index (χ2n) is 7.08. The van der Waals surface area contributed by atoms with Crippen molar-refractivity contribution >= 4 is 25.2 Å². The number of hydrogen-bond acceptors (Lipinski definition) is 9. The van der Waals surface area contributed by atoms with Crippen molar-refractivity contribution in [1.29, 1.82) is 0 Å². The van der Waals surface area contributed by atoms with Gasteiger partial charge in [-0.25, -0.2) is 14.5 Å². The molecule has 2 aromatic heterocycles. The Morgan fingerprint density at radius 3 is 2.35 bits per heavy atom. The highest BCUT2D eigenvalue weighted by Crippen LogP contribution is 2.61. The van der Waals surface area contributed by atoms with E-state index in [1.807, 2.05) is 0 Å². The summed E-state index contributed by atoms with van der Waals surface area (Å²) in [5.41, 5.74) is 1.71. The molecule has 34 heavy (non-hydrogen) atoms. The standard InChI is InChI=1S/C22H26ClN4O6P/c1-5-31-34(29,32-6-2)22(17-8-10-18(30-4)11-9-17)33-21(28)20-15(3)27(26-25-20)14-16-7-12-19(23)24-13-16/h7-13,22H,5-6,14H2,1-4H3. The Labute approximate surface area is 202 Å². The summed E-state index contributed by atoms with van der Waals surface area (Å²) in [7, 11) is -2.34. The lowest BCUT2D eigenvalue weighted by atomic mass is 10.2. The van der Waals surface area contributed by atoms with Crippen molar-refractivity contribution in [3.05, 3.63) is 70.3 Å². The van der Waals surface area contributed by atoms with E-state index >= 15 is 0 Å². The van der Waals surface area contributed by atoms with Crippen molar-refractivity contribution < 1.29 is 27.9 Å². The van der Waals surface area contributed by atoms with Crippen LogP contribution in [0.4, 0.5) is 0 Å². The van der Waals surface area contributed by atoms with Crippen molar-refractivity contribution in [2.75, 3.05) is 20.3 Å². The highest BCUT2D eigenvalue weighted by atomic mass is 35.5. The van der Waals surface area contributed by atoms with Gasteiger partial charge in [-0.1, -0.05) is 35.0 Å². The topological polar surface area (TPSA) is 115 Å². The molecule has 0 fully saturated rings. The minimum Gasteiger partial charge on any atom is -0.497 e. The highest BCUT2D eigenvalue weighted by Gasteiger charge is 2.41. The maximum atomic E-state index is 13.6. The lowest BCUT2D eigenvalue weighted by Gasteiger charge is -2.26. The zero-order valence-electron chi connectivity index (χ0n) is 19.3.